The van der Waals surface area contributed by atoms with Gasteiger partial charge in [0.05, 0.1) is 5.92 Å². The van der Waals surface area contributed by atoms with Crippen molar-refractivity contribution in [2.75, 3.05) is 40.3 Å². The summed E-state index contributed by atoms with van der Waals surface area (Å²) in [4.78, 5) is 16.6. The van der Waals surface area contributed by atoms with Crippen LogP contribution in [-0.4, -0.2) is 61.5 Å². The van der Waals surface area contributed by atoms with E-state index < -0.39 is 0 Å². The van der Waals surface area contributed by atoms with Crippen LogP contribution in [0.3, 0.4) is 0 Å². The quantitative estimate of drug-likeness (QED) is 0.749. The zero-order valence-corrected chi connectivity index (χ0v) is 12.6. The van der Waals surface area contributed by atoms with Gasteiger partial charge in [0.25, 0.3) is 0 Å². The third kappa shape index (κ3) is 4.94. The molecule has 0 bridgehead atoms. The average Bonchev–Trinajstić information content (AvgIpc) is 2.72. The van der Waals surface area contributed by atoms with Gasteiger partial charge in [-0.2, -0.15) is 0 Å². The fourth-order valence-electron chi connectivity index (χ4n) is 2.33. The predicted molar refractivity (Wildman–Crippen MR) is 75.6 cm³/mol. The summed E-state index contributed by atoms with van der Waals surface area (Å²) in [5.41, 5.74) is 0.181. The van der Waals surface area contributed by atoms with E-state index in [9.17, 15) is 4.79 Å². The van der Waals surface area contributed by atoms with Gasteiger partial charge in [-0.25, -0.2) is 0 Å². The molecular formula is C14H29N3O. The van der Waals surface area contributed by atoms with Crippen molar-refractivity contribution in [2.45, 2.75) is 39.2 Å². The van der Waals surface area contributed by atoms with E-state index in [4.69, 9.17) is 0 Å². The fourth-order valence-corrected chi connectivity index (χ4v) is 2.33. The lowest BCUT2D eigenvalue weighted by atomic mass is 10.1. The zero-order valence-electron chi connectivity index (χ0n) is 12.6. The van der Waals surface area contributed by atoms with Gasteiger partial charge in [0, 0.05) is 18.6 Å². The number of hydrogen-bond acceptors (Lipinski definition) is 3. The van der Waals surface area contributed by atoms with Gasteiger partial charge in [-0.15, -0.1) is 0 Å². The number of likely N-dealkylation sites (tertiary alicyclic amines) is 1. The highest BCUT2D eigenvalue weighted by molar-refractivity contribution is 5.79. The van der Waals surface area contributed by atoms with E-state index in [0.717, 1.165) is 39.0 Å². The van der Waals surface area contributed by atoms with Crippen LogP contribution in [0.4, 0.5) is 0 Å². The molecule has 4 heteroatoms. The maximum absolute atomic E-state index is 12.0. The van der Waals surface area contributed by atoms with Gasteiger partial charge in [-0.1, -0.05) is 0 Å². The highest BCUT2D eigenvalue weighted by Crippen LogP contribution is 2.24. The Labute approximate surface area is 112 Å². The Bertz CT molecular complexity index is 271. The molecule has 0 aromatic carbocycles. The van der Waals surface area contributed by atoms with E-state index in [1.807, 2.05) is 0 Å². The van der Waals surface area contributed by atoms with Crippen LogP contribution in [0.15, 0.2) is 0 Å². The first kappa shape index (κ1) is 15.4. The Balaban J connectivity index is 2.24. The van der Waals surface area contributed by atoms with Crippen LogP contribution in [-0.2, 0) is 4.79 Å². The van der Waals surface area contributed by atoms with Crippen LogP contribution in [0, 0.1) is 5.92 Å². The molecule has 1 unspecified atom stereocenters. The van der Waals surface area contributed by atoms with Crippen LogP contribution >= 0.6 is 0 Å². The third-order valence-electron chi connectivity index (χ3n) is 3.59. The number of carbonyl (C=O) groups is 1. The Morgan fingerprint density at radius 3 is 2.56 bits per heavy atom. The van der Waals surface area contributed by atoms with Crippen molar-refractivity contribution in [3.8, 4) is 0 Å². The molecule has 0 spiro atoms. The Morgan fingerprint density at radius 1 is 1.39 bits per heavy atom. The third-order valence-corrected chi connectivity index (χ3v) is 3.59. The number of hydrogen-bond donors (Lipinski definition) is 1. The van der Waals surface area contributed by atoms with Crippen molar-refractivity contribution < 1.29 is 4.79 Å². The standard InChI is InChI=1S/C14H29N3O/c1-14(2,3)17-10-7-12(11-17)13(18)15-8-6-9-16(4)5/h12H,6-11H2,1-5H3,(H,15,18). The highest BCUT2D eigenvalue weighted by atomic mass is 16.1. The first-order chi connectivity index (χ1) is 8.30. The molecule has 18 heavy (non-hydrogen) atoms. The first-order valence-electron chi connectivity index (χ1n) is 6.98. The van der Waals surface area contributed by atoms with Crippen molar-refractivity contribution >= 4 is 5.91 Å². The van der Waals surface area contributed by atoms with Gasteiger partial charge in [0.1, 0.15) is 0 Å². The molecule has 0 aliphatic carbocycles. The normalized spacial score (nSPS) is 21.6. The maximum atomic E-state index is 12.0. The molecule has 1 saturated heterocycles. The minimum absolute atomic E-state index is 0.181. The maximum Gasteiger partial charge on any atom is 0.224 e. The van der Waals surface area contributed by atoms with Gasteiger partial charge in [0.2, 0.25) is 5.91 Å². The molecule has 106 valence electrons. The molecule has 1 heterocycles. The summed E-state index contributed by atoms with van der Waals surface area (Å²) in [5, 5.41) is 3.06. The van der Waals surface area contributed by atoms with Crippen molar-refractivity contribution in [3.63, 3.8) is 0 Å². The lowest BCUT2D eigenvalue weighted by molar-refractivity contribution is -0.124. The molecule has 0 aromatic rings. The molecule has 1 fully saturated rings. The van der Waals surface area contributed by atoms with Gasteiger partial charge in [-0.3, -0.25) is 9.69 Å². The summed E-state index contributed by atoms with van der Waals surface area (Å²) in [6, 6.07) is 0. The van der Waals surface area contributed by atoms with Crippen molar-refractivity contribution in [1.29, 1.82) is 0 Å². The van der Waals surface area contributed by atoms with Crippen LogP contribution < -0.4 is 5.32 Å². The Hall–Kier alpha value is -0.610. The SMILES string of the molecule is CN(C)CCCNC(=O)C1CCN(C(C)(C)C)C1. The van der Waals surface area contributed by atoms with Crippen LogP contribution in [0.25, 0.3) is 0 Å². The molecule has 1 aliphatic heterocycles. The molecule has 4 nitrogen and oxygen atoms in total. The Kier molecular flexibility index (Phi) is 5.60. The second kappa shape index (κ2) is 6.53. The smallest absolute Gasteiger partial charge is 0.224 e. The van der Waals surface area contributed by atoms with E-state index in [1.54, 1.807) is 0 Å². The molecule has 1 amide bonds. The summed E-state index contributed by atoms with van der Waals surface area (Å²) < 4.78 is 0. The van der Waals surface area contributed by atoms with Gasteiger partial charge < -0.3 is 10.2 Å². The molecule has 0 radical (unpaired) electrons. The van der Waals surface area contributed by atoms with Gasteiger partial charge in [-0.05, 0) is 60.8 Å². The topological polar surface area (TPSA) is 35.6 Å². The molecule has 1 N–H and O–H groups in total. The number of rotatable bonds is 5. The number of amides is 1. The number of carbonyl (C=O) groups excluding carboxylic acids is 1. The van der Waals surface area contributed by atoms with E-state index in [2.05, 4.69) is 50.0 Å². The van der Waals surface area contributed by atoms with Crippen LogP contribution in [0.1, 0.15) is 33.6 Å². The molecular weight excluding hydrogens is 226 g/mol. The summed E-state index contributed by atoms with van der Waals surface area (Å²) in [6.45, 7) is 10.4. The first-order valence-corrected chi connectivity index (χ1v) is 6.98. The van der Waals surface area contributed by atoms with E-state index >= 15 is 0 Å². The summed E-state index contributed by atoms with van der Waals surface area (Å²) in [7, 11) is 4.11. The van der Waals surface area contributed by atoms with Gasteiger partial charge >= 0.3 is 0 Å². The summed E-state index contributed by atoms with van der Waals surface area (Å²) in [5.74, 6) is 0.420. The molecule has 1 aliphatic rings. The number of nitrogens with one attached hydrogen (secondary N) is 1. The minimum Gasteiger partial charge on any atom is -0.356 e. The second-order valence-electron chi connectivity index (χ2n) is 6.55. The van der Waals surface area contributed by atoms with Crippen LogP contribution in [0.5, 0.6) is 0 Å². The highest BCUT2D eigenvalue weighted by Gasteiger charge is 2.33. The fraction of sp³-hybridized carbons (Fsp3) is 0.929. The molecule has 1 rings (SSSR count). The van der Waals surface area contributed by atoms with Crippen molar-refractivity contribution in [3.05, 3.63) is 0 Å². The molecule has 0 aromatic heterocycles. The number of nitrogens with zero attached hydrogens (tertiary/aromatic N) is 2. The van der Waals surface area contributed by atoms with E-state index in [1.165, 1.54) is 0 Å². The second-order valence-corrected chi connectivity index (χ2v) is 6.55. The summed E-state index contributed by atoms with van der Waals surface area (Å²) in [6.07, 6.45) is 2.02. The lowest BCUT2D eigenvalue weighted by Crippen LogP contribution is -2.41. The monoisotopic (exact) mass is 255 g/mol. The Morgan fingerprint density at radius 2 is 2.06 bits per heavy atom. The van der Waals surface area contributed by atoms with E-state index in [-0.39, 0.29) is 17.4 Å². The van der Waals surface area contributed by atoms with Crippen LogP contribution in [0.2, 0.25) is 0 Å². The van der Waals surface area contributed by atoms with Crippen molar-refractivity contribution in [2.24, 2.45) is 5.92 Å². The average molecular weight is 255 g/mol. The lowest BCUT2D eigenvalue weighted by Gasteiger charge is -2.31. The largest absolute Gasteiger partial charge is 0.356 e. The van der Waals surface area contributed by atoms with Gasteiger partial charge in [0.15, 0.2) is 0 Å². The molecule has 1 atom stereocenters. The predicted octanol–water partition coefficient (Wildman–Crippen LogP) is 1.17. The minimum atomic E-state index is 0.181. The van der Waals surface area contributed by atoms with Crippen molar-refractivity contribution in [1.82, 2.24) is 15.1 Å². The zero-order chi connectivity index (χ0) is 13.8. The summed E-state index contributed by atoms with van der Waals surface area (Å²) >= 11 is 0. The van der Waals surface area contributed by atoms with E-state index in [0.29, 0.717) is 0 Å². The molecule has 0 saturated carbocycles.